The first-order valence-electron chi connectivity index (χ1n) is 13.5. The van der Waals surface area contributed by atoms with E-state index in [0.717, 1.165) is 36.2 Å². The van der Waals surface area contributed by atoms with Gasteiger partial charge in [0.05, 0.1) is 39.6 Å². The van der Waals surface area contributed by atoms with Crippen LogP contribution in [0.5, 0.6) is 0 Å². The first kappa shape index (κ1) is 26.5. The van der Waals surface area contributed by atoms with Crippen LogP contribution in [0.15, 0.2) is 42.9 Å². The third-order valence-electron chi connectivity index (χ3n) is 8.40. The summed E-state index contributed by atoms with van der Waals surface area (Å²) < 4.78 is 54.5. The van der Waals surface area contributed by atoms with Crippen molar-refractivity contribution >= 4 is 9.84 Å². The standard InChI is InChI=1S/C28H29F2N7O2S/c1-3-17-8-11-28(4-2,25-19(17)14-22(34-35-25)24-20(29)6-5-7-21(24)30)23-9-12-31-27(33-23)37-16-32-26(36-37)18-10-13-40(38,39)15-18/h5-7,9,12,14,16-18H,3-4,8,10-11,13,15H2,1-2H3/t17-,18+,28+/m0/s1. The van der Waals surface area contributed by atoms with Crippen LogP contribution in [0.25, 0.3) is 17.2 Å². The summed E-state index contributed by atoms with van der Waals surface area (Å²) in [7, 11) is -3.07. The van der Waals surface area contributed by atoms with E-state index >= 15 is 0 Å². The minimum absolute atomic E-state index is 0.0453. The maximum absolute atomic E-state index is 14.6. The number of benzene rings is 1. The molecule has 3 atom stereocenters. The van der Waals surface area contributed by atoms with Crippen molar-refractivity contribution in [3.8, 4) is 17.2 Å². The number of sulfone groups is 1. The van der Waals surface area contributed by atoms with E-state index in [1.165, 1.54) is 29.2 Å². The molecule has 0 spiro atoms. The van der Waals surface area contributed by atoms with Crippen LogP contribution >= 0.6 is 0 Å². The molecule has 9 nitrogen and oxygen atoms in total. The smallest absolute Gasteiger partial charge is 0.229 e. The summed E-state index contributed by atoms with van der Waals surface area (Å²) in [6.45, 7) is 4.16. The second-order valence-corrected chi connectivity index (χ2v) is 12.8. The van der Waals surface area contributed by atoms with Gasteiger partial charge in [-0.25, -0.2) is 32.2 Å². The molecule has 0 unspecified atom stereocenters. The predicted octanol–water partition coefficient (Wildman–Crippen LogP) is 4.68. The average molecular weight is 566 g/mol. The minimum atomic E-state index is -3.07. The van der Waals surface area contributed by atoms with Gasteiger partial charge in [0.15, 0.2) is 15.7 Å². The van der Waals surface area contributed by atoms with Gasteiger partial charge in [-0.3, -0.25) is 0 Å². The van der Waals surface area contributed by atoms with E-state index in [-0.39, 0.29) is 34.6 Å². The molecule has 0 bridgehead atoms. The van der Waals surface area contributed by atoms with Gasteiger partial charge in [0.2, 0.25) is 0 Å². The monoisotopic (exact) mass is 565 g/mol. The lowest BCUT2D eigenvalue weighted by Gasteiger charge is -2.39. The highest BCUT2D eigenvalue weighted by atomic mass is 32.2. The van der Waals surface area contributed by atoms with Crippen LogP contribution in [0, 0.1) is 11.6 Å². The third kappa shape index (κ3) is 4.47. The lowest BCUT2D eigenvalue weighted by atomic mass is 9.65. The average Bonchev–Trinajstić information content (AvgIpc) is 3.59. The second kappa shape index (κ2) is 10.1. The molecule has 208 valence electrons. The Labute approximate surface area is 231 Å². The molecular formula is C28H29F2N7O2S. The second-order valence-electron chi connectivity index (χ2n) is 10.6. The molecule has 12 heteroatoms. The van der Waals surface area contributed by atoms with Crippen molar-refractivity contribution in [2.24, 2.45) is 0 Å². The van der Waals surface area contributed by atoms with Crippen molar-refractivity contribution in [1.29, 1.82) is 0 Å². The number of hydrogen-bond donors (Lipinski definition) is 0. The Morgan fingerprint density at radius 2 is 1.88 bits per heavy atom. The van der Waals surface area contributed by atoms with E-state index in [0.29, 0.717) is 24.6 Å². The number of fused-ring (bicyclic) bond motifs is 1. The molecule has 1 aromatic carbocycles. The van der Waals surface area contributed by atoms with E-state index in [4.69, 9.17) is 4.98 Å². The molecule has 3 aromatic heterocycles. The van der Waals surface area contributed by atoms with E-state index in [1.807, 2.05) is 6.07 Å². The van der Waals surface area contributed by atoms with E-state index < -0.39 is 26.9 Å². The fourth-order valence-electron chi connectivity index (χ4n) is 6.13. The maximum Gasteiger partial charge on any atom is 0.252 e. The van der Waals surface area contributed by atoms with Crippen molar-refractivity contribution in [3.05, 3.63) is 77.3 Å². The Morgan fingerprint density at radius 1 is 1.07 bits per heavy atom. The molecule has 1 fully saturated rings. The summed E-state index contributed by atoms with van der Waals surface area (Å²) in [6.07, 6.45) is 6.83. The summed E-state index contributed by atoms with van der Waals surface area (Å²) in [4.78, 5) is 13.6. The quantitative estimate of drug-likeness (QED) is 0.331. The molecule has 2 aliphatic rings. The number of hydrogen-bond acceptors (Lipinski definition) is 8. The fraction of sp³-hybridized carbons (Fsp3) is 0.429. The first-order chi connectivity index (χ1) is 19.2. The maximum atomic E-state index is 14.6. The van der Waals surface area contributed by atoms with Crippen LogP contribution in [0.3, 0.4) is 0 Å². The summed E-state index contributed by atoms with van der Waals surface area (Å²) in [5.74, 6) is -0.455. The molecule has 1 aliphatic carbocycles. The van der Waals surface area contributed by atoms with Crippen LogP contribution in [0.4, 0.5) is 8.78 Å². The van der Waals surface area contributed by atoms with Crippen LogP contribution in [0.2, 0.25) is 0 Å². The van der Waals surface area contributed by atoms with E-state index in [1.54, 1.807) is 12.3 Å². The molecule has 4 aromatic rings. The highest BCUT2D eigenvalue weighted by Crippen LogP contribution is 2.49. The molecular weight excluding hydrogens is 536 g/mol. The lowest BCUT2D eigenvalue weighted by molar-refractivity contribution is 0.352. The van der Waals surface area contributed by atoms with Crippen molar-refractivity contribution in [2.45, 2.75) is 63.2 Å². The van der Waals surface area contributed by atoms with Gasteiger partial charge in [0.1, 0.15) is 18.0 Å². The molecule has 0 saturated carbocycles. The summed E-state index contributed by atoms with van der Waals surface area (Å²) >= 11 is 0. The lowest BCUT2D eigenvalue weighted by Crippen LogP contribution is -2.36. The van der Waals surface area contributed by atoms with Gasteiger partial charge in [-0.05, 0) is 67.9 Å². The summed E-state index contributed by atoms with van der Waals surface area (Å²) in [5, 5.41) is 13.4. The number of rotatable bonds is 6. The highest BCUT2D eigenvalue weighted by molar-refractivity contribution is 7.91. The van der Waals surface area contributed by atoms with Crippen LogP contribution < -0.4 is 0 Å². The normalized spacial score (nSPS) is 23.7. The topological polar surface area (TPSA) is 116 Å². The third-order valence-corrected chi connectivity index (χ3v) is 10.2. The summed E-state index contributed by atoms with van der Waals surface area (Å²) in [6, 6.07) is 7.41. The summed E-state index contributed by atoms with van der Waals surface area (Å²) in [5.41, 5.74) is 1.84. The number of nitrogens with zero attached hydrogens (tertiary/aromatic N) is 7. The molecule has 40 heavy (non-hydrogen) atoms. The Bertz CT molecular complexity index is 1670. The van der Waals surface area contributed by atoms with Gasteiger partial charge >= 0.3 is 0 Å². The van der Waals surface area contributed by atoms with Crippen LogP contribution in [-0.4, -0.2) is 54.9 Å². The molecule has 0 N–H and O–H groups in total. The Kier molecular flexibility index (Phi) is 6.68. The van der Waals surface area contributed by atoms with E-state index in [9.17, 15) is 17.2 Å². The van der Waals surface area contributed by atoms with Crippen molar-refractivity contribution in [3.63, 3.8) is 0 Å². The van der Waals surface area contributed by atoms with Gasteiger partial charge in [0, 0.05) is 12.1 Å². The zero-order valence-electron chi connectivity index (χ0n) is 22.3. The predicted molar refractivity (Wildman–Crippen MR) is 144 cm³/mol. The van der Waals surface area contributed by atoms with Crippen molar-refractivity contribution in [2.75, 3.05) is 11.5 Å². The first-order valence-corrected chi connectivity index (χ1v) is 15.3. The largest absolute Gasteiger partial charge is 0.252 e. The molecule has 1 saturated heterocycles. The SMILES string of the molecule is CC[C@H]1CC[C@](CC)(c2ccnc(-n3cnc([C@@H]4CCS(=O)(=O)C4)n3)n2)c2nnc(-c3c(F)cccc3F)cc21. The van der Waals surface area contributed by atoms with Crippen LogP contribution in [-0.2, 0) is 15.3 Å². The molecule has 1 aliphatic heterocycles. The fourth-order valence-corrected chi connectivity index (χ4v) is 7.87. The van der Waals surface area contributed by atoms with E-state index in [2.05, 4.69) is 39.1 Å². The molecule has 0 radical (unpaired) electrons. The van der Waals surface area contributed by atoms with Crippen molar-refractivity contribution < 1.29 is 17.2 Å². The molecule has 4 heterocycles. The number of halogens is 2. The zero-order chi connectivity index (χ0) is 28.1. The van der Waals surface area contributed by atoms with Gasteiger partial charge in [0.25, 0.3) is 5.95 Å². The molecule has 6 rings (SSSR count). The minimum Gasteiger partial charge on any atom is -0.229 e. The Hall–Kier alpha value is -3.67. The van der Waals surface area contributed by atoms with Gasteiger partial charge in [-0.2, -0.15) is 9.78 Å². The molecule has 0 amide bonds. The Balaban J connectivity index is 1.41. The Morgan fingerprint density at radius 3 is 2.58 bits per heavy atom. The van der Waals surface area contributed by atoms with Gasteiger partial charge < -0.3 is 0 Å². The number of aromatic nitrogens is 7. The van der Waals surface area contributed by atoms with Gasteiger partial charge in [-0.15, -0.1) is 10.2 Å². The highest BCUT2D eigenvalue weighted by Gasteiger charge is 2.43. The zero-order valence-corrected chi connectivity index (χ0v) is 23.1. The van der Waals surface area contributed by atoms with Gasteiger partial charge in [-0.1, -0.05) is 19.9 Å². The van der Waals surface area contributed by atoms with Crippen LogP contribution in [0.1, 0.15) is 80.6 Å². The van der Waals surface area contributed by atoms with Crippen molar-refractivity contribution in [1.82, 2.24) is 34.9 Å².